The molecule has 2 aromatic rings. The quantitative estimate of drug-likeness (QED) is 0.746. The van der Waals surface area contributed by atoms with Crippen molar-refractivity contribution in [3.63, 3.8) is 0 Å². The lowest BCUT2D eigenvalue weighted by Gasteiger charge is -2.18. The third kappa shape index (κ3) is 4.98. The number of benzene rings is 1. The van der Waals surface area contributed by atoms with Crippen LogP contribution in [0.15, 0.2) is 29.6 Å². The first kappa shape index (κ1) is 16.3. The Bertz CT molecular complexity index is 581. The van der Waals surface area contributed by atoms with Gasteiger partial charge < -0.3 is 0 Å². The smallest absolute Gasteiger partial charge is 0.294 e. The molecule has 1 aromatic heterocycles. The molecule has 0 saturated heterocycles. The van der Waals surface area contributed by atoms with E-state index >= 15 is 0 Å². The number of hydrogen-bond acceptors (Lipinski definition) is 3. The molecule has 21 heavy (non-hydrogen) atoms. The van der Waals surface area contributed by atoms with Crippen molar-refractivity contribution in [1.29, 1.82) is 0 Å². The van der Waals surface area contributed by atoms with Crippen LogP contribution in [0.2, 0.25) is 0 Å². The molecule has 0 aliphatic heterocycles. The first-order valence-corrected chi connectivity index (χ1v) is 7.64. The summed E-state index contributed by atoms with van der Waals surface area (Å²) in [4.78, 5) is 5.61. The Labute approximate surface area is 130 Å². The molecule has 0 N–H and O–H groups in total. The summed E-state index contributed by atoms with van der Waals surface area (Å²) in [6.07, 6.45) is -4.17. The highest BCUT2D eigenvalue weighted by atomic mass is 35.5. The maximum absolute atomic E-state index is 12.3. The van der Waals surface area contributed by atoms with Gasteiger partial charge >= 0.3 is 6.18 Å². The summed E-state index contributed by atoms with van der Waals surface area (Å²) in [5.74, 6) is 0.372. The van der Waals surface area contributed by atoms with E-state index in [-0.39, 0.29) is 6.54 Å². The molecular formula is C14H14ClF3N2S. The summed E-state index contributed by atoms with van der Waals surface area (Å²) in [5, 5.41) is 2.76. The van der Waals surface area contributed by atoms with Crippen LogP contribution in [-0.4, -0.2) is 29.7 Å². The Morgan fingerprint density at radius 2 is 1.90 bits per heavy atom. The minimum absolute atomic E-state index is 0.255. The Morgan fingerprint density at radius 1 is 1.24 bits per heavy atom. The lowest BCUT2D eigenvalue weighted by Crippen LogP contribution is -2.30. The SMILES string of the molecule is CN(Cc1ccc(-c2nc(CCl)cs2)cc1)CC(F)(F)F. The molecule has 0 unspecified atom stereocenters. The van der Waals surface area contributed by atoms with Gasteiger partial charge in [0.05, 0.1) is 18.1 Å². The van der Waals surface area contributed by atoms with Crippen LogP contribution >= 0.6 is 22.9 Å². The predicted octanol–water partition coefficient (Wildman–Crippen LogP) is 4.54. The molecule has 1 aromatic carbocycles. The van der Waals surface area contributed by atoms with Crippen molar-refractivity contribution in [1.82, 2.24) is 9.88 Å². The minimum atomic E-state index is -4.17. The summed E-state index contributed by atoms with van der Waals surface area (Å²) in [6, 6.07) is 7.38. The number of aromatic nitrogens is 1. The Balaban J connectivity index is 2.02. The molecule has 1 heterocycles. The van der Waals surface area contributed by atoms with E-state index in [1.807, 2.05) is 29.6 Å². The molecule has 2 rings (SSSR count). The molecule has 0 aliphatic carbocycles. The van der Waals surface area contributed by atoms with Gasteiger partial charge in [-0.2, -0.15) is 13.2 Å². The van der Waals surface area contributed by atoms with E-state index in [0.717, 1.165) is 21.8 Å². The third-order valence-electron chi connectivity index (χ3n) is 2.79. The molecule has 0 radical (unpaired) electrons. The molecule has 7 heteroatoms. The second kappa shape index (κ2) is 6.77. The van der Waals surface area contributed by atoms with Crippen molar-refractivity contribution < 1.29 is 13.2 Å². The Kier molecular flexibility index (Phi) is 5.24. The molecule has 114 valence electrons. The molecular weight excluding hydrogens is 321 g/mol. The van der Waals surface area contributed by atoms with Crippen molar-refractivity contribution in [2.75, 3.05) is 13.6 Å². The highest BCUT2D eigenvalue weighted by Crippen LogP contribution is 2.25. The summed E-state index contributed by atoms with van der Waals surface area (Å²) in [7, 11) is 1.45. The van der Waals surface area contributed by atoms with Crippen LogP contribution in [0.3, 0.4) is 0 Å². The fourth-order valence-corrected chi connectivity index (χ4v) is 2.98. The maximum Gasteiger partial charge on any atom is 0.401 e. The van der Waals surface area contributed by atoms with E-state index in [0.29, 0.717) is 5.88 Å². The Hall–Kier alpha value is -1.11. The number of nitrogens with zero attached hydrogens (tertiary/aromatic N) is 2. The zero-order valence-corrected chi connectivity index (χ0v) is 12.9. The molecule has 0 bridgehead atoms. The topological polar surface area (TPSA) is 16.1 Å². The predicted molar refractivity (Wildman–Crippen MR) is 79.5 cm³/mol. The number of rotatable bonds is 5. The Morgan fingerprint density at radius 3 is 2.43 bits per heavy atom. The summed E-state index contributed by atoms with van der Waals surface area (Å²) >= 11 is 7.21. The van der Waals surface area contributed by atoms with E-state index in [1.165, 1.54) is 23.3 Å². The monoisotopic (exact) mass is 334 g/mol. The van der Waals surface area contributed by atoms with E-state index in [1.54, 1.807) is 0 Å². The largest absolute Gasteiger partial charge is 0.401 e. The van der Waals surface area contributed by atoms with E-state index < -0.39 is 12.7 Å². The fourth-order valence-electron chi connectivity index (χ4n) is 1.93. The van der Waals surface area contributed by atoms with Gasteiger partial charge in [0.15, 0.2) is 0 Å². The standard InChI is InChI=1S/C14H14ClF3N2S/c1-20(9-14(16,17)18)7-10-2-4-11(5-3-10)13-19-12(6-15)8-21-13/h2-5,8H,6-7,9H2,1H3. The molecule has 0 amide bonds. The summed E-state index contributed by atoms with van der Waals surface area (Å²) in [5.41, 5.74) is 2.60. The van der Waals surface area contributed by atoms with Crippen molar-refractivity contribution in [3.8, 4) is 10.6 Å². The number of thiazole rings is 1. The van der Waals surface area contributed by atoms with Gasteiger partial charge in [0.1, 0.15) is 5.01 Å². The lowest BCUT2D eigenvalue weighted by molar-refractivity contribution is -0.144. The van der Waals surface area contributed by atoms with Gasteiger partial charge in [0.25, 0.3) is 0 Å². The average molecular weight is 335 g/mol. The van der Waals surface area contributed by atoms with Gasteiger partial charge in [-0.3, -0.25) is 4.90 Å². The van der Waals surface area contributed by atoms with Crippen molar-refractivity contribution in [2.24, 2.45) is 0 Å². The second-order valence-corrected chi connectivity index (χ2v) is 5.89. The molecule has 0 aliphatic rings. The van der Waals surface area contributed by atoms with Gasteiger partial charge in [0.2, 0.25) is 0 Å². The van der Waals surface area contributed by atoms with Crippen molar-refractivity contribution in [3.05, 3.63) is 40.9 Å². The van der Waals surface area contributed by atoms with Crippen LogP contribution in [-0.2, 0) is 12.4 Å². The van der Waals surface area contributed by atoms with E-state index in [9.17, 15) is 13.2 Å². The molecule has 2 nitrogen and oxygen atoms in total. The van der Waals surface area contributed by atoms with Gasteiger partial charge in [-0.1, -0.05) is 24.3 Å². The fraction of sp³-hybridized carbons (Fsp3) is 0.357. The van der Waals surface area contributed by atoms with Crippen LogP contribution < -0.4 is 0 Å². The van der Waals surface area contributed by atoms with Crippen LogP contribution in [0.5, 0.6) is 0 Å². The van der Waals surface area contributed by atoms with E-state index in [2.05, 4.69) is 4.98 Å². The lowest BCUT2D eigenvalue weighted by atomic mass is 10.1. The second-order valence-electron chi connectivity index (χ2n) is 4.76. The maximum atomic E-state index is 12.3. The van der Waals surface area contributed by atoms with Crippen LogP contribution in [0.4, 0.5) is 13.2 Å². The highest BCUT2D eigenvalue weighted by molar-refractivity contribution is 7.13. The van der Waals surface area contributed by atoms with Crippen LogP contribution in [0.1, 0.15) is 11.3 Å². The average Bonchev–Trinajstić information content (AvgIpc) is 2.86. The van der Waals surface area contributed by atoms with Crippen LogP contribution in [0, 0.1) is 0 Å². The molecule has 0 spiro atoms. The zero-order chi connectivity index (χ0) is 15.5. The number of alkyl halides is 4. The number of halogens is 4. The normalized spacial score (nSPS) is 12.1. The van der Waals surface area contributed by atoms with Crippen molar-refractivity contribution >= 4 is 22.9 Å². The third-order valence-corrected chi connectivity index (χ3v) is 4.01. The first-order valence-electron chi connectivity index (χ1n) is 6.22. The zero-order valence-electron chi connectivity index (χ0n) is 11.3. The molecule has 0 fully saturated rings. The van der Waals surface area contributed by atoms with Gasteiger partial charge in [0, 0.05) is 17.5 Å². The van der Waals surface area contributed by atoms with Gasteiger partial charge in [-0.15, -0.1) is 22.9 Å². The highest BCUT2D eigenvalue weighted by Gasteiger charge is 2.28. The first-order chi connectivity index (χ1) is 9.87. The van der Waals surface area contributed by atoms with Gasteiger partial charge in [-0.05, 0) is 12.6 Å². The minimum Gasteiger partial charge on any atom is -0.294 e. The van der Waals surface area contributed by atoms with Crippen LogP contribution in [0.25, 0.3) is 10.6 Å². The van der Waals surface area contributed by atoms with Gasteiger partial charge in [-0.25, -0.2) is 4.98 Å². The summed E-state index contributed by atoms with van der Waals surface area (Å²) in [6.45, 7) is -0.662. The molecule has 0 saturated carbocycles. The van der Waals surface area contributed by atoms with E-state index in [4.69, 9.17) is 11.6 Å². The number of hydrogen-bond donors (Lipinski definition) is 0. The summed E-state index contributed by atoms with van der Waals surface area (Å²) < 4.78 is 36.8. The molecule has 0 atom stereocenters. The van der Waals surface area contributed by atoms with Crippen molar-refractivity contribution in [2.45, 2.75) is 18.6 Å².